The van der Waals surface area contributed by atoms with Gasteiger partial charge in [-0.1, -0.05) is 0 Å². The van der Waals surface area contributed by atoms with Gasteiger partial charge in [-0.25, -0.2) is 0 Å². The quantitative estimate of drug-likeness (QED) is 0.513. The van der Waals surface area contributed by atoms with Gasteiger partial charge in [-0.2, -0.15) is 0 Å². The lowest BCUT2D eigenvalue weighted by atomic mass is 10.2. The van der Waals surface area contributed by atoms with Crippen LogP contribution < -0.4 is 10.6 Å². The van der Waals surface area contributed by atoms with Crippen LogP contribution in [0.15, 0.2) is 0 Å². The van der Waals surface area contributed by atoms with E-state index in [1.807, 2.05) is 0 Å². The van der Waals surface area contributed by atoms with Gasteiger partial charge in [0.25, 0.3) is 0 Å². The third kappa shape index (κ3) is 0.858. The molecule has 0 aromatic carbocycles. The molecule has 1 saturated carbocycles. The van der Waals surface area contributed by atoms with Crippen molar-refractivity contribution in [1.82, 2.24) is 10.6 Å². The van der Waals surface area contributed by atoms with Crippen molar-refractivity contribution in [3.05, 3.63) is 0 Å². The summed E-state index contributed by atoms with van der Waals surface area (Å²) in [6.07, 6.45) is 2.83. The van der Waals surface area contributed by atoms with E-state index in [2.05, 4.69) is 10.6 Å². The largest absolute Gasteiger partial charge is 0.314 e. The predicted molar refractivity (Wildman–Crippen MR) is 32.8 cm³/mol. The molecule has 2 aliphatic rings. The topological polar surface area (TPSA) is 24.1 Å². The summed E-state index contributed by atoms with van der Waals surface area (Å²) >= 11 is 0. The lowest BCUT2D eigenvalue weighted by molar-refractivity contribution is 0.364. The molecule has 1 heterocycles. The van der Waals surface area contributed by atoms with Gasteiger partial charge in [0.2, 0.25) is 0 Å². The lowest BCUT2D eigenvalue weighted by Crippen LogP contribution is -2.55. The number of hydrogen-bond acceptors (Lipinski definition) is 2. The van der Waals surface area contributed by atoms with Crippen LogP contribution in [0.4, 0.5) is 0 Å². The van der Waals surface area contributed by atoms with Gasteiger partial charge in [-0.3, -0.25) is 0 Å². The number of hydrogen-bond donors (Lipinski definition) is 2. The molecular formula is C6H12N2. The van der Waals surface area contributed by atoms with E-state index in [-0.39, 0.29) is 0 Å². The van der Waals surface area contributed by atoms with Crippen LogP contribution in [0.1, 0.15) is 12.8 Å². The summed E-state index contributed by atoms with van der Waals surface area (Å²) in [6, 6.07) is 1.70. The van der Waals surface area contributed by atoms with Crippen LogP contribution in [0.5, 0.6) is 0 Å². The third-order valence-corrected chi connectivity index (χ3v) is 1.83. The molecule has 0 unspecified atom stereocenters. The van der Waals surface area contributed by atoms with Gasteiger partial charge in [0, 0.05) is 25.2 Å². The summed E-state index contributed by atoms with van der Waals surface area (Å²) < 4.78 is 0. The average molecular weight is 112 g/mol. The van der Waals surface area contributed by atoms with Gasteiger partial charge >= 0.3 is 0 Å². The normalized spacial score (nSPS) is 30.0. The highest BCUT2D eigenvalue weighted by molar-refractivity contribution is 4.90. The molecule has 0 aromatic rings. The van der Waals surface area contributed by atoms with Crippen molar-refractivity contribution >= 4 is 0 Å². The first kappa shape index (κ1) is 4.77. The van der Waals surface area contributed by atoms with Gasteiger partial charge in [-0.15, -0.1) is 0 Å². The SMILES string of the molecule is C1CC1NC1CNC1. The maximum Gasteiger partial charge on any atom is 0.0319 e. The summed E-state index contributed by atoms with van der Waals surface area (Å²) in [6.45, 7) is 2.38. The maximum atomic E-state index is 3.53. The van der Waals surface area contributed by atoms with Crippen LogP contribution in [0.2, 0.25) is 0 Å². The van der Waals surface area contributed by atoms with Gasteiger partial charge in [-0.05, 0) is 12.8 Å². The highest BCUT2D eigenvalue weighted by Gasteiger charge is 2.26. The minimum absolute atomic E-state index is 0.808. The van der Waals surface area contributed by atoms with Crippen LogP contribution >= 0.6 is 0 Å². The summed E-state index contributed by atoms with van der Waals surface area (Å²) in [5, 5.41) is 6.76. The Morgan fingerprint density at radius 1 is 1.12 bits per heavy atom. The summed E-state index contributed by atoms with van der Waals surface area (Å²) in [5.74, 6) is 0. The average Bonchev–Trinajstić information content (AvgIpc) is 2.36. The smallest absolute Gasteiger partial charge is 0.0319 e. The van der Waals surface area contributed by atoms with Crippen molar-refractivity contribution in [3.63, 3.8) is 0 Å². The van der Waals surface area contributed by atoms with Gasteiger partial charge < -0.3 is 10.6 Å². The molecule has 46 valence electrons. The molecule has 2 nitrogen and oxygen atoms in total. The molecule has 2 rings (SSSR count). The minimum Gasteiger partial charge on any atom is -0.314 e. The second kappa shape index (κ2) is 1.71. The van der Waals surface area contributed by atoms with Crippen molar-refractivity contribution < 1.29 is 0 Å². The zero-order chi connectivity index (χ0) is 5.40. The van der Waals surface area contributed by atoms with Crippen molar-refractivity contribution in [2.24, 2.45) is 0 Å². The highest BCUT2D eigenvalue weighted by Crippen LogP contribution is 2.19. The predicted octanol–water partition coefficient (Wildman–Crippen LogP) is -0.290. The van der Waals surface area contributed by atoms with Gasteiger partial charge in [0.15, 0.2) is 0 Å². The Bertz CT molecular complexity index is 84.5. The van der Waals surface area contributed by atoms with Gasteiger partial charge in [0.05, 0.1) is 0 Å². The molecule has 0 spiro atoms. The van der Waals surface area contributed by atoms with Crippen LogP contribution in [0, 0.1) is 0 Å². The van der Waals surface area contributed by atoms with Crippen molar-refractivity contribution in [1.29, 1.82) is 0 Å². The molecule has 2 heteroatoms. The van der Waals surface area contributed by atoms with Crippen molar-refractivity contribution in [2.45, 2.75) is 24.9 Å². The Kier molecular flexibility index (Phi) is 1.02. The molecule has 0 radical (unpaired) electrons. The van der Waals surface area contributed by atoms with E-state index in [0.717, 1.165) is 12.1 Å². The molecule has 8 heavy (non-hydrogen) atoms. The summed E-state index contributed by atoms with van der Waals surface area (Å²) in [5.41, 5.74) is 0. The second-order valence-electron chi connectivity index (χ2n) is 2.80. The first-order chi connectivity index (χ1) is 3.95. The van der Waals surface area contributed by atoms with E-state index in [9.17, 15) is 0 Å². The molecule has 0 atom stereocenters. The molecule has 1 aliphatic heterocycles. The number of nitrogens with one attached hydrogen (secondary N) is 2. The summed E-state index contributed by atoms with van der Waals surface area (Å²) in [4.78, 5) is 0. The zero-order valence-corrected chi connectivity index (χ0v) is 4.98. The van der Waals surface area contributed by atoms with E-state index >= 15 is 0 Å². The summed E-state index contributed by atoms with van der Waals surface area (Å²) in [7, 11) is 0. The molecule has 0 bridgehead atoms. The Labute approximate surface area is 49.7 Å². The second-order valence-corrected chi connectivity index (χ2v) is 2.80. The van der Waals surface area contributed by atoms with Crippen LogP contribution in [0.3, 0.4) is 0 Å². The Hall–Kier alpha value is -0.0800. The van der Waals surface area contributed by atoms with E-state index in [0.29, 0.717) is 0 Å². The number of rotatable bonds is 2. The molecule has 1 aliphatic carbocycles. The fourth-order valence-electron chi connectivity index (χ4n) is 0.990. The monoisotopic (exact) mass is 112 g/mol. The first-order valence-corrected chi connectivity index (χ1v) is 3.42. The molecule has 2 N–H and O–H groups in total. The van der Waals surface area contributed by atoms with E-state index in [4.69, 9.17) is 0 Å². The van der Waals surface area contributed by atoms with Crippen LogP contribution in [-0.4, -0.2) is 25.2 Å². The third-order valence-electron chi connectivity index (χ3n) is 1.83. The molecule has 0 amide bonds. The van der Waals surface area contributed by atoms with Crippen molar-refractivity contribution in [3.8, 4) is 0 Å². The Balaban J connectivity index is 1.66. The van der Waals surface area contributed by atoms with Gasteiger partial charge in [0.1, 0.15) is 0 Å². The van der Waals surface area contributed by atoms with E-state index < -0.39 is 0 Å². The molecular weight excluding hydrogens is 100 g/mol. The zero-order valence-electron chi connectivity index (χ0n) is 4.98. The fraction of sp³-hybridized carbons (Fsp3) is 1.00. The minimum atomic E-state index is 0.808. The molecule has 2 fully saturated rings. The Morgan fingerprint density at radius 2 is 1.88 bits per heavy atom. The van der Waals surface area contributed by atoms with Crippen LogP contribution in [-0.2, 0) is 0 Å². The van der Waals surface area contributed by atoms with E-state index in [1.165, 1.54) is 25.9 Å². The van der Waals surface area contributed by atoms with Crippen LogP contribution in [0.25, 0.3) is 0 Å². The fourth-order valence-corrected chi connectivity index (χ4v) is 0.990. The van der Waals surface area contributed by atoms with Crippen molar-refractivity contribution in [2.75, 3.05) is 13.1 Å². The first-order valence-electron chi connectivity index (χ1n) is 3.42. The van der Waals surface area contributed by atoms with E-state index in [1.54, 1.807) is 0 Å². The maximum absolute atomic E-state index is 3.53. The lowest BCUT2D eigenvalue weighted by Gasteiger charge is -2.27. The molecule has 0 aromatic heterocycles. The standard InChI is InChI=1S/C6H12N2/c1-2-5(1)8-6-3-7-4-6/h5-8H,1-4H2. The highest BCUT2D eigenvalue weighted by atomic mass is 15.1. The Morgan fingerprint density at radius 3 is 2.25 bits per heavy atom. The molecule has 1 saturated heterocycles.